The SMILES string of the molecule is C[C@H](C(=O)NCc1ccco1)N(Cc1ccc(F)cc1)C(=O)COc1ccc(S(=O)(=O)N2CCOCC2)cc1. The van der Waals surface area contributed by atoms with E-state index in [1.807, 2.05) is 0 Å². The number of morpholine rings is 1. The molecule has 208 valence electrons. The summed E-state index contributed by atoms with van der Waals surface area (Å²) in [7, 11) is -3.66. The van der Waals surface area contributed by atoms with Crippen LogP contribution in [0.4, 0.5) is 4.39 Å². The Balaban J connectivity index is 1.41. The van der Waals surface area contributed by atoms with E-state index in [0.29, 0.717) is 30.3 Å². The molecule has 0 unspecified atom stereocenters. The molecular weight excluding hydrogens is 529 g/mol. The van der Waals surface area contributed by atoms with Gasteiger partial charge in [-0.1, -0.05) is 12.1 Å². The normalized spacial score (nSPS) is 14.9. The number of nitrogens with one attached hydrogen (secondary N) is 1. The predicted molar refractivity (Wildman–Crippen MR) is 138 cm³/mol. The number of carbonyl (C=O) groups is 2. The molecule has 4 rings (SSSR count). The summed E-state index contributed by atoms with van der Waals surface area (Å²) in [5, 5.41) is 2.74. The van der Waals surface area contributed by atoms with E-state index in [1.54, 1.807) is 19.1 Å². The Morgan fingerprint density at radius 3 is 2.41 bits per heavy atom. The molecule has 39 heavy (non-hydrogen) atoms. The summed E-state index contributed by atoms with van der Waals surface area (Å²) in [6.45, 7) is 2.65. The first-order valence-corrected chi connectivity index (χ1v) is 13.8. The van der Waals surface area contributed by atoms with Crippen molar-refractivity contribution < 1.29 is 36.3 Å². The van der Waals surface area contributed by atoms with Crippen LogP contribution in [0.25, 0.3) is 0 Å². The van der Waals surface area contributed by atoms with E-state index in [1.165, 1.54) is 64.0 Å². The molecule has 1 saturated heterocycles. The van der Waals surface area contributed by atoms with E-state index < -0.39 is 40.3 Å². The molecule has 2 heterocycles. The van der Waals surface area contributed by atoms with Crippen LogP contribution in [0.2, 0.25) is 0 Å². The van der Waals surface area contributed by atoms with E-state index in [0.717, 1.165) is 0 Å². The zero-order valence-corrected chi connectivity index (χ0v) is 22.2. The smallest absolute Gasteiger partial charge is 0.261 e. The fourth-order valence-corrected chi connectivity index (χ4v) is 5.38. The van der Waals surface area contributed by atoms with Crippen molar-refractivity contribution in [2.24, 2.45) is 0 Å². The number of carbonyl (C=O) groups excluding carboxylic acids is 2. The van der Waals surface area contributed by atoms with Gasteiger partial charge in [0, 0.05) is 19.6 Å². The lowest BCUT2D eigenvalue weighted by atomic mass is 10.1. The molecule has 0 saturated carbocycles. The minimum Gasteiger partial charge on any atom is -0.484 e. The Hall–Kier alpha value is -3.74. The van der Waals surface area contributed by atoms with Crippen molar-refractivity contribution in [3.05, 3.63) is 84.1 Å². The van der Waals surface area contributed by atoms with E-state index >= 15 is 0 Å². The second-order valence-electron chi connectivity index (χ2n) is 8.90. The van der Waals surface area contributed by atoms with Gasteiger partial charge >= 0.3 is 0 Å². The predicted octanol–water partition coefficient (Wildman–Crippen LogP) is 2.55. The molecule has 3 aromatic rings. The van der Waals surface area contributed by atoms with Gasteiger partial charge < -0.3 is 24.1 Å². The van der Waals surface area contributed by atoms with Crippen LogP contribution < -0.4 is 10.1 Å². The van der Waals surface area contributed by atoms with Crippen molar-refractivity contribution in [1.82, 2.24) is 14.5 Å². The Labute approximate surface area is 226 Å². The van der Waals surface area contributed by atoms with Crippen molar-refractivity contribution in [3.8, 4) is 5.75 Å². The lowest BCUT2D eigenvalue weighted by molar-refractivity contribution is -0.142. The average Bonchev–Trinajstić information content (AvgIpc) is 3.48. The van der Waals surface area contributed by atoms with E-state index in [2.05, 4.69) is 5.32 Å². The van der Waals surface area contributed by atoms with Crippen LogP contribution in [0, 0.1) is 5.82 Å². The molecule has 1 aromatic heterocycles. The Kier molecular flexibility index (Phi) is 9.33. The Morgan fingerprint density at radius 1 is 1.08 bits per heavy atom. The Bertz CT molecular complexity index is 1340. The van der Waals surface area contributed by atoms with Gasteiger partial charge in [-0.15, -0.1) is 0 Å². The summed E-state index contributed by atoms with van der Waals surface area (Å²) < 4.78 is 56.5. The number of furan rings is 1. The number of ether oxygens (including phenoxy) is 2. The molecule has 10 nitrogen and oxygen atoms in total. The van der Waals surface area contributed by atoms with Crippen LogP contribution in [0.15, 0.2) is 76.2 Å². The summed E-state index contributed by atoms with van der Waals surface area (Å²) in [6, 6.07) is 14.0. The number of amides is 2. The Morgan fingerprint density at radius 2 is 1.77 bits per heavy atom. The highest BCUT2D eigenvalue weighted by Crippen LogP contribution is 2.21. The number of halogens is 1. The molecule has 0 bridgehead atoms. The number of hydrogen-bond acceptors (Lipinski definition) is 7. The van der Waals surface area contributed by atoms with Gasteiger partial charge in [-0.3, -0.25) is 9.59 Å². The van der Waals surface area contributed by atoms with Crippen molar-refractivity contribution in [1.29, 1.82) is 0 Å². The maximum absolute atomic E-state index is 13.4. The number of hydrogen-bond donors (Lipinski definition) is 1. The average molecular weight is 560 g/mol. The third-order valence-electron chi connectivity index (χ3n) is 6.24. The van der Waals surface area contributed by atoms with Gasteiger partial charge in [-0.2, -0.15) is 4.31 Å². The third-order valence-corrected chi connectivity index (χ3v) is 8.16. The van der Waals surface area contributed by atoms with Gasteiger partial charge in [0.2, 0.25) is 15.9 Å². The minimum absolute atomic E-state index is 0.0501. The molecule has 12 heteroatoms. The first-order valence-electron chi connectivity index (χ1n) is 12.4. The lowest BCUT2D eigenvalue weighted by Crippen LogP contribution is -2.48. The van der Waals surface area contributed by atoms with Crippen molar-refractivity contribution in [2.75, 3.05) is 32.9 Å². The second kappa shape index (κ2) is 12.9. The summed E-state index contributed by atoms with van der Waals surface area (Å²) in [5.74, 6) is -0.442. The zero-order valence-electron chi connectivity index (χ0n) is 21.4. The summed E-state index contributed by atoms with van der Waals surface area (Å²) >= 11 is 0. The van der Waals surface area contributed by atoms with Crippen molar-refractivity contribution >= 4 is 21.8 Å². The summed E-state index contributed by atoms with van der Waals surface area (Å²) in [5.41, 5.74) is 0.633. The minimum atomic E-state index is -3.66. The van der Waals surface area contributed by atoms with Gasteiger partial charge in [-0.25, -0.2) is 12.8 Å². The van der Waals surface area contributed by atoms with Crippen molar-refractivity contribution in [3.63, 3.8) is 0 Å². The molecule has 0 aliphatic carbocycles. The fraction of sp³-hybridized carbons (Fsp3) is 0.333. The largest absolute Gasteiger partial charge is 0.484 e. The van der Waals surface area contributed by atoms with Crippen LogP contribution in [0.3, 0.4) is 0 Å². The van der Waals surface area contributed by atoms with E-state index in [-0.39, 0.29) is 31.1 Å². The lowest BCUT2D eigenvalue weighted by Gasteiger charge is -2.28. The molecule has 1 fully saturated rings. The molecule has 2 amide bonds. The van der Waals surface area contributed by atoms with Crippen LogP contribution in [-0.2, 0) is 37.4 Å². The van der Waals surface area contributed by atoms with Gasteiger partial charge in [0.15, 0.2) is 6.61 Å². The fourth-order valence-electron chi connectivity index (χ4n) is 3.98. The van der Waals surface area contributed by atoms with Crippen LogP contribution in [0.5, 0.6) is 5.75 Å². The number of rotatable bonds is 11. The molecule has 1 atom stereocenters. The second-order valence-corrected chi connectivity index (χ2v) is 10.8. The molecule has 2 aromatic carbocycles. The highest BCUT2D eigenvalue weighted by atomic mass is 32.2. The summed E-state index contributed by atoms with van der Waals surface area (Å²) in [4.78, 5) is 27.5. The first kappa shape index (κ1) is 28.3. The third kappa shape index (κ3) is 7.43. The van der Waals surface area contributed by atoms with Crippen LogP contribution >= 0.6 is 0 Å². The standard InChI is InChI=1S/C27H30FN3O7S/c1-20(27(33)29-17-24-3-2-14-37-24)31(18-21-4-6-22(28)7-5-21)26(32)19-38-23-8-10-25(11-9-23)39(34,35)30-12-15-36-16-13-30/h2-11,14,20H,12-13,15-19H2,1H3,(H,29,33)/t20-/m1/s1. The van der Waals surface area contributed by atoms with Crippen molar-refractivity contribution in [2.45, 2.75) is 31.0 Å². The monoisotopic (exact) mass is 559 g/mol. The first-order chi connectivity index (χ1) is 18.7. The maximum atomic E-state index is 13.4. The molecular formula is C27H30FN3O7S. The number of benzene rings is 2. The highest BCUT2D eigenvalue weighted by Gasteiger charge is 2.28. The summed E-state index contributed by atoms with van der Waals surface area (Å²) in [6.07, 6.45) is 1.50. The van der Waals surface area contributed by atoms with Crippen LogP contribution in [0.1, 0.15) is 18.2 Å². The molecule has 0 spiro atoms. The zero-order chi connectivity index (χ0) is 27.8. The van der Waals surface area contributed by atoms with Gasteiger partial charge in [-0.05, 0) is 61.0 Å². The molecule has 1 N–H and O–H groups in total. The van der Waals surface area contributed by atoms with E-state index in [9.17, 15) is 22.4 Å². The number of sulfonamides is 1. The number of nitrogens with zero attached hydrogens (tertiary/aromatic N) is 2. The molecule has 1 aliphatic rings. The van der Waals surface area contributed by atoms with Crippen LogP contribution in [-0.4, -0.2) is 68.4 Å². The topological polar surface area (TPSA) is 118 Å². The van der Waals surface area contributed by atoms with Gasteiger partial charge in [0.1, 0.15) is 23.4 Å². The highest BCUT2D eigenvalue weighted by molar-refractivity contribution is 7.89. The van der Waals surface area contributed by atoms with Gasteiger partial charge in [0.25, 0.3) is 5.91 Å². The van der Waals surface area contributed by atoms with Gasteiger partial charge in [0.05, 0.1) is 30.9 Å². The molecule has 0 radical (unpaired) electrons. The maximum Gasteiger partial charge on any atom is 0.261 e. The van der Waals surface area contributed by atoms with E-state index in [4.69, 9.17) is 13.9 Å². The quantitative estimate of drug-likeness (QED) is 0.384. The molecule has 1 aliphatic heterocycles.